The molecule has 204 valence electrons. The van der Waals surface area contributed by atoms with Crippen LogP contribution >= 0.6 is 23.1 Å². The lowest BCUT2D eigenvalue weighted by molar-refractivity contribution is -0.116. The van der Waals surface area contributed by atoms with Gasteiger partial charge in [0.05, 0.1) is 30.4 Å². The quantitative estimate of drug-likeness (QED) is 0.366. The number of amides is 1. The lowest BCUT2D eigenvalue weighted by Gasteiger charge is -2.38. The molecular formula is C29H28N6O3S2. The van der Waals surface area contributed by atoms with Gasteiger partial charge in [0.2, 0.25) is 11.0 Å². The molecule has 3 N–H and O–H groups in total. The van der Waals surface area contributed by atoms with E-state index in [0.29, 0.717) is 40.1 Å². The summed E-state index contributed by atoms with van der Waals surface area (Å²) < 4.78 is 5.86. The van der Waals surface area contributed by atoms with Crippen LogP contribution in [0.3, 0.4) is 0 Å². The van der Waals surface area contributed by atoms with Crippen LogP contribution in [0.25, 0.3) is 0 Å². The zero-order chi connectivity index (χ0) is 28.4. The number of nitrogens with one attached hydrogen (secondary N) is 1. The van der Waals surface area contributed by atoms with E-state index >= 15 is 0 Å². The number of ether oxygens (including phenoxy) is 1. The Balaban J connectivity index is 1.41. The highest BCUT2D eigenvalue weighted by molar-refractivity contribution is 8.01. The molecule has 1 aliphatic carbocycles. The molecule has 0 bridgehead atoms. The van der Waals surface area contributed by atoms with Crippen molar-refractivity contribution in [3.8, 4) is 11.8 Å². The summed E-state index contributed by atoms with van der Waals surface area (Å²) in [5, 5.41) is 22.2. The minimum absolute atomic E-state index is 0.00509. The van der Waals surface area contributed by atoms with Gasteiger partial charge in [0.25, 0.3) is 0 Å². The molecule has 2 aromatic carbocycles. The number of nitrogens with zero attached hydrogens (tertiary/aromatic N) is 4. The van der Waals surface area contributed by atoms with Gasteiger partial charge in [-0.3, -0.25) is 14.5 Å². The molecular weight excluding hydrogens is 544 g/mol. The zero-order valence-electron chi connectivity index (χ0n) is 22.4. The van der Waals surface area contributed by atoms with Crippen molar-refractivity contribution in [2.45, 2.75) is 43.4 Å². The van der Waals surface area contributed by atoms with Crippen LogP contribution in [0.4, 0.5) is 10.8 Å². The monoisotopic (exact) mass is 572 g/mol. The predicted molar refractivity (Wildman–Crippen MR) is 156 cm³/mol. The van der Waals surface area contributed by atoms with Gasteiger partial charge in [-0.05, 0) is 56.0 Å². The van der Waals surface area contributed by atoms with E-state index in [1.165, 1.54) is 23.1 Å². The van der Waals surface area contributed by atoms with Gasteiger partial charge in [-0.2, -0.15) is 5.26 Å². The van der Waals surface area contributed by atoms with Gasteiger partial charge in [-0.15, -0.1) is 10.2 Å². The van der Waals surface area contributed by atoms with Gasteiger partial charge in [0.15, 0.2) is 10.1 Å². The Bertz CT molecular complexity index is 1590. The second-order valence-electron chi connectivity index (χ2n) is 9.60. The molecule has 0 fully saturated rings. The summed E-state index contributed by atoms with van der Waals surface area (Å²) in [6, 6.07) is 15.5. The number of hydrogen-bond donors (Lipinski definition) is 2. The average molecular weight is 573 g/mol. The van der Waals surface area contributed by atoms with Crippen molar-refractivity contribution >= 4 is 45.6 Å². The summed E-state index contributed by atoms with van der Waals surface area (Å²) in [4.78, 5) is 27.6. The lowest BCUT2D eigenvalue weighted by Crippen LogP contribution is -2.38. The number of carbonyl (C=O) groups is 2. The maximum Gasteiger partial charge on any atom is 0.234 e. The van der Waals surface area contributed by atoms with E-state index in [9.17, 15) is 14.9 Å². The molecule has 9 nitrogen and oxygen atoms in total. The van der Waals surface area contributed by atoms with E-state index in [1.807, 2.05) is 56.3 Å². The van der Waals surface area contributed by atoms with Gasteiger partial charge >= 0.3 is 0 Å². The molecule has 3 aromatic rings. The topological polar surface area (TPSA) is 134 Å². The molecule has 2 heterocycles. The van der Waals surface area contributed by atoms with Gasteiger partial charge in [0.1, 0.15) is 11.6 Å². The highest BCUT2D eigenvalue weighted by Gasteiger charge is 2.41. The molecule has 0 spiro atoms. The molecule has 2 aliphatic rings. The number of allylic oxidation sites excluding steroid dienone is 3. The van der Waals surface area contributed by atoms with E-state index in [-0.39, 0.29) is 28.8 Å². The van der Waals surface area contributed by atoms with Gasteiger partial charge < -0.3 is 15.8 Å². The summed E-state index contributed by atoms with van der Waals surface area (Å²) in [6.45, 7) is 3.96. The Hall–Kier alpha value is -4.14. The Labute approximate surface area is 240 Å². The molecule has 1 aliphatic heterocycles. The molecule has 0 radical (unpaired) electrons. The smallest absolute Gasteiger partial charge is 0.234 e. The molecule has 0 saturated carbocycles. The summed E-state index contributed by atoms with van der Waals surface area (Å²) in [7, 11) is 1.59. The third kappa shape index (κ3) is 5.33. The fourth-order valence-electron chi connectivity index (χ4n) is 5.05. The van der Waals surface area contributed by atoms with Crippen LogP contribution in [0.5, 0.6) is 5.75 Å². The van der Waals surface area contributed by atoms with Gasteiger partial charge in [-0.25, -0.2) is 0 Å². The summed E-state index contributed by atoms with van der Waals surface area (Å²) >= 11 is 2.54. The van der Waals surface area contributed by atoms with Crippen molar-refractivity contribution in [1.82, 2.24) is 10.2 Å². The molecule has 11 heteroatoms. The number of aryl methyl sites for hydroxylation is 2. The Morgan fingerprint density at radius 2 is 2.00 bits per heavy atom. The number of ketones is 1. The van der Waals surface area contributed by atoms with Crippen molar-refractivity contribution in [3.05, 3.63) is 81.8 Å². The number of aromatic nitrogens is 2. The molecule has 5 rings (SSSR count). The fraction of sp³-hybridized carbons (Fsp3) is 0.276. The van der Waals surface area contributed by atoms with Crippen LogP contribution in [-0.4, -0.2) is 34.8 Å². The van der Waals surface area contributed by atoms with Crippen molar-refractivity contribution in [3.63, 3.8) is 0 Å². The molecule has 40 heavy (non-hydrogen) atoms. The number of nitriles is 1. The third-order valence-corrected chi connectivity index (χ3v) is 8.97. The summed E-state index contributed by atoms with van der Waals surface area (Å²) in [6.07, 6.45) is 1.70. The number of Topliss-reactive ketones (excluding diaryl/α,β-unsaturated/α-hetero) is 1. The first-order valence-electron chi connectivity index (χ1n) is 12.7. The van der Waals surface area contributed by atoms with Crippen LogP contribution < -0.4 is 20.7 Å². The number of nitrogens with two attached hydrogens (primary N) is 1. The highest BCUT2D eigenvalue weighted by atomic mass is 32.2. The largest absolute Gasteiger partial charge is 0.497 e. The van der Waals surface area contributed by atoms with Crippen LogP contribution in [0.1, 0.15) is 41.9 Å². The maximum atomic E-state index is 13.3. The summed E-state index contributed by atoms with van der Waals surface area (Å²) in [5.41, 5.74) is 11.9. The fourth-order valence-corrected chi connectivity index (χ4v) is 6.73. The second-order valence-corrected chi connectivity index (χ2v) is 11.8. The van der Waals surface area contributed by atoms with Crippen molar-refractivity contribution in [1.29, 1.82) is 5.26 Å². The van der Waals surface area contributed by atoms with E-state index in [1.54, 1.807) is 12.0 Å². The van der Waals surface area contributed by atoms with E-state index < -0.39 is 5.92 Å². The first-order valence-corrected chi connectivity index (χ1v) is 14.5. The normalized spacial score (nSPS) is 17.0. The van der Waals surface area contributed by atoms with Crippen LogP contribution in [-0.2, 0) is 9.59 Å². The summed E-state index contributed by atoms with van der Waals surface area (Å²) in [5.74, 6) is 0.352. The maximum absolute atomic E-state index is 13.3. The standard InChI is InChI=1S/C29H28N6O3S2/c1-16-7-12-21(17(2)13-16)32-24(37)15-39-29-34-33-28(40-29)35-22-5-4-6-23(36)26(22)25(20(14-30)27(35)31)18-8-10-19(38-3)11-9-18/h7-13,25H,4-6,15,31H2,1-3H3,(H,32,37). The predicted octanol–water partition coefficient (Wildman–Crippen LogP) is 5.20. The number of benzene rings is 2. The van der Waals surface area contributed by atoms with Crippen LogP contribution in [0, 0.1) is 25.2 Å². The minimum atomic E-state index is -0.564. The number of carbonyl (C=O) groups excluding carboxylic acids is 2. The van der Waals surface area contributed by atoms with Gasteiger partial charge in [-0.1, -0.05) is 52.9 Å². The third-order valence-electron chi connectivity index (χ3n) is 6.93. The Morgan fingerprint density at radius 3 is 2.70 bits per heavy atom. The van der Waals surface area contributed by atoms with Gasteiger partial charge in [0, 0.05) is 23.4 Å². The van der Waals surface area contributed by atoms with E-state index in [4.69, 9.17) is 10.5 Å². The van der Waals surface area contributed by atoms with Crippen molar-refractivity contribution in [2.24, 2.45) is 5.73 Å². The first kappa shape index (κ1) is 27.4. The average Bonchev–Trinajstić information content (AvgIpc) is 3.41. The van der Waals surface area contributed by atoms with E-state index in [2.05, 4.69) is 21.6 Å². The first-order chi connectivity index (χ1) is 19.3. The number of methoxy groups -OCH3 is 1. The Morgan fingerprint density at radius 1 is 1.23 bits per heavy atom. The number of thioether (sulfide) groups is 1. The van der Waals surface area contributed by atoms with Crippen molar-refractivity contribution in [2.75, 3.05) is 23.1 Å². The van der Waals surface area contributed by atoms with Crippen LogP contribution in [0.15, 0.2) is 69.5 Å². The molecule has 1 atom stereocenters. The molecule has 0 saturated heterocycles. The molecule has 1 amide bonds. The number of anilines is 2. The van der Waals surface area contributed by atoms with Crippen molar-refractivity contribution < 1.29 is 14.3 Å². The zero-order valence-corrected chi connectivity index (χ0v) is 24.0. The second kappa shape index (κ2) is 11.5. The highest BCUT2D eigenvalue weighted by Crippen LogP contribution is 2.47. The molecule has 1 aromatic heterocycles. The Kier molecular flexibility index (Phi) is 7.91. The number of rotatable bonds is 7. The van der Waals surface area contributed by atoms with E-state index in [0.717, 1.165) is 28.1 Å². The molecule has 1 unspecified atom stereocenters. The lowest BCUT2D eigenvalue weighted by atomic mass is 9.76. The van der Waals surface area contributed by atoms with Crippen LogP contribution in [0.2, 0.25) is 0 Å². The SMILES string of the molecule is COc1ccc(C2C(C#N)=C(N)N(c3nnc(SCC(=O)Nc4ccc(C)cc4C)s3)C3=C2C(=O)CCC3)cc1. The number of hydrogen-bond acceptors (Lipinski definition) is 10. The minimum Gasteiger partial charge on any atom is -0.497 e.